The van der Waals surface area contributed by atoms with Gasteiger partial charge in [0.25, 0.3) is 0 Å². The van der Waals surface area contributed by atoms with E-state index in [9.17, 15) is 4.79 Å². The van der Waals surface area contributed by atoms with E-state index in [-0.39, 0.29) is 11.4 Å². The molecule has 0 bridgehead atoms. The molecule has 0 aliphatic rings. The molecule has 0 amide bonds. The highest BCUT2D eigenvalue weighted by atomic mass is 79.9. The van der Waals surface area contributed by atoms with Gasteiger partial charge in [-0.15, -0.1) is 0 Å². The second kappa shape index (κ2) is 7.27. The molecule has 0 radical (unpaired) electrons. The number of hydrogen-bond acceptors (Lipinski definition) is 2. The largest absolute Gasteiger partial charge is 0.466 e. The van der Waals surface area contributed by atoms with Crippen molar-refractivity contribution in [2.45, 2.75) is 46.5 Å². The highest BCUT2D eigenvalue weighted by Gasteiger charge is 2.31. The van der Waals surface area contributed by atoms with Crippen molar-refractivity contribution in [3.05, 3.63) is 0 Å². The van der Waals surface area contributed by atoms with E-state index in [0.29, 0.717) is 6.61 Å². The maximum absolute atomic E-state index is 11.7. The zero-order valence-corrected chi connectivity index (χ0v) is 11.0. The van der Waals surface area contributed by atoms with E-state index in [4.69, 9.17) is 4.74 Å². The molecular formula is C11H21BrO2. The lowest BCUT2D eigenvalue weighted by Crippen LogP contribution is -2.29. The van der Waals surface area contributed by atoms with Crippen LogP contribution >= 0.6 is 15.9 Å². The van der Waals surface area contributed by atoms with E-state index in [0.717, 1.165) is 31.0 Å². The number of esters is 1. The van der Waals surface area contributed by atoms with Gasteiger partial charge in [0.15, 0.2) is 0 Å². The number of alkyl halides is 1. The third-order valence-electron chi connectivity index (χ3n) is 2.66. The van der Waals surface area contributed by atoms with Crippen LogP contribution in [-0.4, -0.2) is 17.9 Å². The topological polar surface area (TPSA) is 26.3 Å². The number of rotatable bonds is 7. The minimum absolute atomic E-state index is 0.0444. The predicted molar refractivity (Wildman–Crippen MR) is 62.7 cm³/mol. The predicted octanol–water partition coefficient (Wildman–Crippen LogP) is 3.53. The number of ether oxygens (including phenoxy) is 1. The van der Waals surface area contributed by atoms with Gasteiger partial charge in [-0.3, -0.25) is 4.79 Å². The van der Waals surface area contributed by atoms with Gasteiger partial charge in [0.05, 0.1) is 12.0 Å². The fourth-order valence-corrected chi connectivity index (χ4v) is 1.73. The first kappa shape index (κ1) is 13.9. The Morgan fingerprint density at radius 2 is 2.00 bits per heavy atom. The fraction of sp³-hybridized carbons (Fsp3) is 0.909. The second-order valence-electron chi connectivity index (χ2n) is 3.78. The van der Waals surface area contributed by atoms with Gasteiger partial charge in [-0.05, 0) is 33.1 Å². The number of unbranched alkanes of at least 4 members (excludes halogenated alkanes) is 1. The summed E-state index contributed by atoms with van der Waals surface area (Å²) < 4.78 is 5.08. The minimum atomic E-state index is -0.280. The molecule has 0 fully saturated rings. The van der Waals surface area contributed by atoms with Crippen LogP contribution in [0.5, 0.6) is 0 Å². The van der Waals surface area contributed by atoms with Crippen LogP contribution in [0.3, 0.4) is 0 Å². The average molecular weight is 265 g/mol. The summed E-state index contributed by atoms with van der Waals surface area (Å²) in [5.41, 5.74) is -0.280. The Morgan fingerprint density at radius 1 is 1.36 bits per heavy atom. The van der Waals surface area contributed by atoms with E-state index in [2.05, 4.69) is 15.9 Å². The van der Waals surface area contributed by atoms with Crippen molar-refractivity contribution in [3.63, 3.8) is 0 Å². The van der Waals surface area contributed by atoms with Crippen LogP contribution in [0.15, 0.2) is 0 Å². The Labute approximate surface area is 95.5 Å². The Bertz CT molecular complexity index is 171. The Kier molecular flexibility index (Phi) is 7.24. The van der Waals surface area contributed by atoms with E-state index >= 15 is 0 Å². The van der Waals surface area contributed by atoms with Crippen molar-refractivity contribution in [2.75, 3.05) is 11.9 Å². The summed E-state index contributed by atoms with van der Waals surface area (Å²) in [7, 11) is 0. The molecule has 2 nitrogen and oxygen atoms in total. The van der Waals surface area contributed by atoms with Crippen molar-refractivity contribution < 1.29 is 9.53 Å². The Morgan fingerprint density at radius 3 is 2.43 bits per heavy atom. The van der Waals surface area contributed by atoms with Crippen LogP contribution in [0.2, 0.25) is 0 Å². The molecule has 0 aromatic rings. The second-order valence-corrected chi connectivity index (χ2v) is 4.57. The first-order chi connectivity index (χ1) is 6.60. The standard InChI is InChI=1S/C11H21BrO2/c1-4-11(3,8-6-7-9-12)10(13)14-5-2/h4-9H2,1-3H3. The normalized spacial score (nSPS) is 14.9. The molecule has 0 spiro atoms. The monoisotopic (exact) mass is 264 g/mol. The van der Waals surface area contributed by atoms with Gasteiger partial charge in [-0.1, -0.05) is 29.3 Å². The Hall–Kier alpha value is -0.0500. The first-order valence-corrected chi connectivity index (χ1v) is 6.46. The molecule has 1 atom stereocenters. The van der Waals surface area contributed by atoms with Crippen LogP contribution in [0.4, 0.5) is 0 Å². The molecule has 84 valence electrons. The third kappa shape index (κ3) is 4.45. The lowest BCUT2D eigenvalue weighted by molar-refractivity contribution is -0.155. The molecule has 14 heavy (non-hydrogen) atoms. The summed E-state index contributed by atoms with van der Waals surface area (Å²) >= 11 is 3.39. The van der Waals surface area contributed by atoms with E-state index in [1.165, 1.54) is 0 Å². The summed E-state index contributed by atoms with van der Waals surface area (Å²) in [4.78, 5) is 11.7. The molecule has 0 N–H and O–H groups in total. The average Bonchev–Trinajstić information content (AvgIpc) is 2.18. The highest BCUT2D eigenvalue weighted by molar-refractivity contribution is 9.09. The zero-order chi connectivity index (χ0) is 11.0. The first-order valence-electron chi connectivity index (χ1n) is 5.34. The van der Waals surface area contributed by atoms with Crippen LogP contribution in [-0.2, 0) is 9.53 Å². The quantitative estimate of drug-likeness (QED) is 0.400. The van der Waals surface area contributed by atoms with Crippen LogP contribution in [0, 0.1) is 5.41 Å². The lowest BCUT2D eigenvalue weighted by atomic mass is 9.82. The van der Waals surface area contributed by atoms with Gasteiger partial charge < -0.3 is 4.74 Å². The van der Waals surface area contributed by atoms with Crippen molar-refractivity contribution in [1.82, 2.24) is 0 Å². The maximum Gasteiger partial charge on any atom is 0.311 e. The van der Waals surface area contributed by atoms with Crippen molar-refractivity contribution >= 4 is 21.9 Å². The molecule has 0 aliphatic heterocycles. The summed E-state index contributed by atoms with van der Waals surface area (Å²) in [5, 5.41) is 1.01. The van der Waals surface area contributed by atoms with Gasteiger partial charge in [0, 0.05) is 5.33 Å². The summed E-state index contributed by atoms with van der Waals surface area (Å²) in [6.07, 6.45) is 3.98. The number of carbonyl (C=O) groups excluding carboxylic acids is 1. The summed E-state index contributed by atoms with van der Waals surface area (Å²) in [5.74, 6) is -0.0444. The zero-order valence-electron chi connectivity index (χ0n) is 9.44. The van der Waals surface area contributed by atoms with Crippen molar-refractivity contribution in [2.24, 2.45) is 5.41 Å². The molecule has 0 aliphatic carbocycles. The highest BCUT2D eigenvalue weighted by Crippen LogP contribution is 2.29. The number of hydrogen-bond donors (Lipinski definition) is 0. The molecule has 0 saturated carbocycles. The number of halogens is 1. The molecule has 0 heterocycles. The molecular weight excluding hydrogens is 244 g/mol. The van der Waals surface area contributed by atoms with Gasteiger partial charge in [0.2, 0.25) is 0 Å². The van der Waals surface area contributed by atoms with Gasteiger partial charge in [0.1, 0.15) is 0 Å². The Balaban J connectivity index is 4.09. The smallest absolute Gasteiger partial charge is 0.311 e. The molecule has 0 aromatic heterocycles. The van der Waals surface area contributed by atoms with E-state index in [1.807, 2.05) is 20.8 Å². The van der Waals surface area contributed by atoms with Crippen LogP contribution < -0.4 is 0 Å². The third-order valence-corrected chi connectivity index (χ3v) is 3.22. The van der Waals surface area contributed by atoms with Crippen LogP contribution in [0.25, 0.3) is 0 Å². The van der Waals surface area contributed by atoms with E-state index in [1.54, 1.807) is 0 Å². The molecule has 3 heteroatoms. The summed E-state index contributed by atoms with van der Waals surface area (Å²) in [6.45, 7) is 6.38. The SMILES string of the molecule is CCOC(=O)C(C)(CC)CCCCBr. The number of carbonyl (C=O) groups is 1. The fourth-order valence-electron chi connectivity index (χ4n) is 1.34. The summed E-state index contributed by atoms with van der Waals surface area (Å²) in [6, 6.07) is 0. The minimum Gasteiger partial charge on any atom is -0.466 e. The lowest BCUT2D eigenvalue weighted by Gasteiger charge is -2.25. The molecule has 0 saturated heterocycles. The van der Waals surface area contributed by atoms with Crippen molar-refractivity contribution in [1.29, 1.82) is 0 Å². The van der Waals surface area contributed by atoms with Crippen LogP contribution in [0.1, 0.15) is 46.5 Å². The molecule has 1 unspecified atom stereocenters. The van der Waals surface area contributed by atoms with E-state index < -0.39 is 0 Å². The maximum atomic E-state index is 11.7. The van der Waals surface area contributed by atoms with Gasteiger partial charge in [-0.2, -0.15) is 0 Å². The molecule has 0 rings (SSSR count). The van der Waals surface area contributed by atoms with Crippen molar-refractivity contribution in [3.8, 4) is 0 Å². The molecule has 0 aromatic carbocycles. The van der Waals surface area contributed by atoms with Gasteiger partial charge in [-0.25, -0.2) is 0 Å². The van der Waals surface area contributed by atoms with Gasteiger partial charge >= 0.3 is 5.97 Å².